The van der Waals surface area contributed by atoms with E-state index in [1.807, 2.05) is 49.4 Å². The Kier molecular flexibility index (Phi) is 5.59. The summed E-state index contributed by atoms with van der Waals surface area (Å²) in [6.07, 6.45) is 0.304. The van der Waals surface area contributed by atoms with E-state index in [2.05, 4.69) is 17.0 Å². The van der Waals surface area contributed by atoms with Gasteiger partial charge >= 0.3 is 0 Å². The van der Waals surface area contributed by atoms with Crippen molar-refractivity contribution in [2.45, 2.75) is 37.3 Å². The molecule has 4 nitrogen and oxygen atoms in total. The lowest BCUT2D eigenvalue weighted by Gasteiger charge is -2.47. The highest BCUT2D eigenvalue weighted by Crippen LogP contribution is 2.51. The van der Waals surface area contributed by atoms with Crippen molar-refractivity contribution >= 4 is 0 Å². The molecule has 2 aliphatic rings. The van der Waals surface area contributed by atoms with Crippen molar-refractivity contribution in [2.24, 2.45) is 0 Å². The number of hydrogen-bond acceptors (Lipinski definition) is 4. The number of ether oxygens (including phenoxy) is 2. The fourth-order valence-electron chi connectivity index (χ4n) is 5.21. The van der Waals surface area contributed by atoms with Crippen LogP contribution in [0.4, 0.5) is 4.39 Å². The predicted molar refractivity (Wildman–Crippen MR) is 120 cm³/mol. The smallest absolute Gasteiger partial charge is 0.191 e. The second kappa shape index (κ2) is 8.41. The van der Waals surface area contributed by atoms with Gasteiger partial charge in [0.15, 0.2) is 5.79 Å². The van der Waals surface area contributed by atoms with Gasteiger partial charge in [-0.15, -0.1) is 0 Å². The van der Waals surface area contributed by atoms with Crippen molar-refractivity contribution < 1.29 is 19.0 Å². The summed E-state index contributed by atoms with van der Waals surface area (Å²) >= 11 is 0. The molecule has 166 valence electrons. The van der Waals surface area contributed by atoms with Crippen molar-refractivity contribution in [1.29, 1.82) is 0 Å². The van der Waals surface area contributed by atoms with Gasteiger partial charge in [0.25, 0.3) is 0 Å². The quantitative estimate of drug-likeness (QED) is 0.647. The van der Waals surface area contributed by atoms with Gasteiger partial charge in [0.05, 0.1) is 19.3 Å². The van der Waals surface area contributed by atoms with Gasteiger partial charge in [-0.25, -0.2) is 4.39 Å². The Hall–Kier alpha value is -2.57. The molecule has 1 N–H and O–H groups in total. The molecule has 2 fully saturated rings. The maximum atomic E-state index is 13.7. The molecule has 0 saturated carbocycles. The lowest BCUT2D eigenvalue weighted by atomic mass is 9.83. The zero-order valence-corrected chi connectivity index (χ0v) is 18.2. The summed E-state index contributed by atoms with van der Waals surface area (Å²) in [4.78, 5) is 2.32. The number of nitrogens with zero attached hydrogens (tertiary/aromatic N) is 1. The third-order valence-corrected chi connectivity index (χ3v) is 6.66. The van der Waals surface area contributed by atoms with Gasteiger partial charge in [-0.3, -0.25) is 4.90 Å². The van der Waals surface area contributed by atoms with Crippen LogP contribution in [0.25, 0.3) is 0 Å². The van der Waals surface area contributed by atoms with Gasteiger partial charge in [0.2, 0.25) is 0 Å². The first-order valence-electron chi connectivity index (χ1n) is 11.1. The number of aryl methyl sites for hydroxylation is 1. The highest BCUT2D eigenvalue weighted by molar-refractivity contribution is 5.34. The summed E-state index contributed by atoms with van der Waals surface area (Å²) in [7, 11) is 0. The second-order valence-electron chi connectivity index (χ2n) is 8.88. The summed E-state index contributed by atoms with van der Waals surface area (Å²) in [5, 5.41) is 11.7. The molecule has 2 heterocycles. The number of benzene rings is 3. The second-order valence-corrected chi connectivity index (χ2v) is 8.88. The van der Waals surface area contributed by atoms with Crippen LogP contribution in [0, 0.1) is 12.7 Å². The summed E-state index contributed by atoms with van der Waals surface area (Å²) in [5.74, 6) is -1.31. The lowest BCUT2D eigenvalue weighted by molar-refractivity contribution is -0.276. The number of rotatable bonds is 4. The number of morpholine rings is 1. The normalized spacial score (nSPS) is 28.3. The molecule has 3 unspecified atom stereocenters. The fourth-order valence-corrected chi connectivity index (χ4v) is 5.21. The summed E-state index contributed by atoms with van der Waals surface area (Å²) in [6.45, 7) is 4.06. The zero-order valence-electron chi connectivity index (χ0n) is 18.2. The summed E-state index contributed by atoms with van der Waals surface area (Å²) in [6, 6.07) is 24.4. The SMILES string of the molecule is Cc1ccccc1C1(O)COC2(C1)OCCN(Cc1ccccc1)C2c1ccc(F)cc1. The Morgan fingerprint density at radius 1 is 0.969 bits per heavy atom. The molecule has 2 aliphatic heterocycles. The van der Waals surface area contributed by atoms with Crippen LogP contribution in [-0.2, 0) is 21.6 Å². The van der Waals surface area contributed by atoms with Gasteiger partial charge in [-0.05, 0) is 41.3 Å². The monoisotopic (exact) mass is 433 g/mol. The van der Waals surface area contributed by atoms with Crippen molar-refractivity contribution in [2.75, 3.05) is 19.8 Å². The van der Waals surface area contributed by atoms with E-state index in [4.69, 9.17) is 9.47 Å². The molecule has 3 atom stereocenters. The first-order chi connectivity index (χ1) is 15.5. The van der Waals surface area contributed by atoms with Crippen LogP contribution >= 0.6 is 0 Å². The van der Waals surface area contributed by atoms with Crippen molar-refractivity contribution in [1.82, 2.24) is 4.90 Å². The van der Waals surface area contributed by atoms with Crippen molar-refractivity contribution in [3.8, 4) is 0 Å². The Labute approximate surface area is 188 Å². The van der Waals surface area contributed by atoms with Crippen molar-refractivity contribution in [3.05, 3.63) is 107 Å². The molecule has 5 rings (SSSR count). The van der Waals surface area contributed by atoms with Crippen LogP contribution in [0.2, 0.25) is 0 Å². The van der Waals surface area contributed by atoms with E-state index in [0.29, 0.717) is 26.1 Å². The van der Waals surface area contributed by atoms with Crippen molar-refractivity contribution in [3.63, 3.8) is 0 Å². The minimum atomic E-state index is -1.15. The number of aliphatic hydroxyl groups is 1. The maximum Gasteiger partial charge on any atom is 0.191 e. The molecular weight excluding hydrogens is 405 g/mol. The van der Waals surface area contributed by atoms with E-state index in [1.165, 1.54) is 17.7 Å². The van der Waals surface area contributed by atoms with Gasteiger partial charge in [0.1, 0.15) is 11.4 Å². The van der Waals surface area contributed by atoms with Crippen LogP contribution < -0.4 is 0 Å². The predicted octanol–water partition coefficient (Wildman–Crippen LogP) is 4.71. The van der Waals surface area contributed by atoms with E-state index in [1.54, 1.807) is 12.1 Å². The molecule has 0 aliphatic carbocycles. The lowest BCUT2D eigenvalue weighted by Crippen LogP contribution is -2.54. The number of halogens is 1. The van der Waals surface area contributed by atoms with Crippen LogP contribution in [0.5, 0.6) is 0 Å². The standard InChI is InChI=1S/C27H28FNO3/c1-20-7-5-6-10-24(20)26(30)18-27(32-19-26)25(22-11-13-23(28)14-12-22)29(15-16-31-27)17-21-8-3-2-4-9-21/h2-14,25,30H,15-19H2,1H3. The Balaban J connectivity index is 1.54. The van der Waals surface area contributed by atoms with Gasteiger partial charge < -0.3 is 14.6 Å². The average molecular weight is 434 g/mol. The molecule has 1 spiro atoms. The maximum absolute atomic E-state index is 13.7. The van der Waals surface area contributed by atoms with E-state index < -0.39 is 11.4 Å². The largest absolute Gasteiger partial charge is 0.383 e. The highest BCUT2D eigenvalue weighted by Gasteiger charge is 2.58. The third kappa shape index (κ3) is 3.86. The molecular formula is C27H28FNO3. The van der Waals surface area contributed by atoms with E-state index >= 15 is 0 Å². The topological polar surface area (TPSA) is 41.9 Å². The first kappa shape index (κ1) is 21.3. The van der Waals surface area contributed by atoms with Crippen LogP contribution in [0.3, 0.4) is 0 Å². The zero-order chi connectivity index (χ0) is 22.2. The third-order valence-electron chi connectivity index (χ3n) is 6.66. The molecule has 5 heteroatoms. The Morgan fingerprint density at radius 3 is 2.44 bits per heavy atom. The minimum Gasteiger partial charge on any atom is -0.383 e. The Morgan fingerprint density at radius 2 is 1.69 bits per heavy atom. The summed E-state index contributed by atoms with van der Waals surface area (Å²) in [5.41, 5.74) is 2.82. The highest BCUT2D eigenvalue weighted by atomic mass is 19.1. The summed E-state index contributed by atoms with van der Waals surface area (Å²) < 4.78 is 26.4. The van der Waals surface area contributed by atoms with E-state index in [0.717, 1.165) is 16.7 Å². The van der Waals surface area contributed by atoms with Gasteiger partial charge in [-0.1, -0.05) is 66.7 Å². The van der Waals surface area contributed by atoms with Crippen LogP contribution in [0.1, 0.15) is 34.7 Å². The van der Waals surface area contributed by atoms with Crippen LogP contribution in [-0.4, -0.2) is 35.6 Å². The van der Waals surface area contributed by atoms with Gasteiger partial charge in [-0.2, -0.15) is 0 Å². The molecule has 0 bridgehead atoms. The Bertz CT molecular complexity index is 1070. The average Bonchev–Trinajstić information content (AvgIpc) is 3.13. The molecule has 2 saturated heterocycles. The minimum absolute atomic E-state index is 0.148. The van der Waals surface area contributed by atoms with Crippen LogP contribution in [0.15, 0.2) is 78.9 Å². The first-order valence-corrected chi connectivity index (χ1v) is 11.1. The molecule has 3 aromatic rings. The molecule has 32 heavy (non-hydrogen) atoms. The molecule has 3 aromatic carbocycles. The molecule has 0 radical (unpaired) electrons. The van der Waals surface area contributed by atoms with E-state index in [9.17, 15) is 9.50 Å². The molecule has 0 aromatic heterocycles. The van der Waals surface area contributed by atoms with Gasteiger partial charge in [0, 0.05) is 19.5 Å². The van der Waals surface area contributed by atoms with E-state index in [-0.39, 0.29) is 18.5 Å². The molecule has 0 amide bonds. The fraction of sp³-hybridized carbons (Fsp3) is 0.333. The number of hydrogen-bond donors (Lipinski definition) is 1.